The van der Waals surface area contributed by atoms with Gasteiger partial charge in [-0.05, 0) is 6.42 Å². The van der Waals surface area contributed by atoms with Crippen LogP contribution in [-0.2, 0) is 9.53 Å². The average Bonchev–Trinajstić information content (AvgIpc) is 1.98. The molecule has 1 atom stereocenters. The van der Waals surface area contributed by atoms with E-state index in [0.29, 0.717) is 13.0 Å². The molecule has 0 fully saturated rings. The van der Waals surface area contributed by atoms with Crippen molar-refractivity contribution in [3.63, 3.8) is 0 Å². The first kappa shape index (κ1) is 9.11. The van der Waals surface area contributed by atoms with Crippen LogP contribution < -0.4 is 0 Å². The van der Waals surface area contributed by atoms with Gasteiger partial charge in [-0.1, -0.05) is 12.2 Å². The molecule has 0 amide bonds. The van der Waals surface area contributed by atoms with Crippen LogP contribution in [0.1, 0.15) is 6.42 Å². The van der Waals surface area contributed by atoms with Gasteiger partial charge in [0.25, 0.3) is 0 Å². The second kappa shape index (κ2) is 6.23. The van der Waals surface area contributed by atoms with Crippen LogP contribution in [0.4, 0.5) is 0 Å². The molecule has 0 aromatic heterocycles. The summed E-state index contributed by atoms with van der Waals surface area (Å²) in [6, 6.07) is 0. The van der Waals surface area contributed by atoms with Gasteiger partial charge in [0.15, 0.2) is 0 Å². The molecular weight excluding hydrogens is 128 g/mol. The van der Waals surface area contributed by atoms with Gasteiger partial charge in [0.05, 0.1) is 6.61 Å². The largest absolute Gasteiger partial charge is 0.366 e. The highest BCUT2D eigenvalue weighted by molar-refractivity contribution is 5.56. The lowest BCUT2D eigenvalue weighted by Crippen LogP contribution is -2.13. The Balaban J connectivity index is 3.47. The summed E-state index contributed by atoms with van der Waals surface area (Å²) in [6.07, 6.45) is 4.25. The third kappa shape index (κ3) is 4.04. The molecule has 0 spiro atoms. The van der Waals surface area contributed by atoms with Crippen LogP contribution in [0.25, 0.3) is 0 Å². The van der Waals surface area contributed by atoms with Crippen LogP contribution >= 0.6 is 0 Å². The molecule has 0 rings (SSSR count). The van der Waals surface area contributed by atoms with E-state index < -0.39 is 0 Å². The Kier molecular flexibility index (Phi) is 5.68. The minimum absolute atomic E-state index is 0.351. The second-order valence-corrected chi connectivity index (χ2v) is 1.82. The van der Waals surface area contributed by atoms with Gasteiger partial charge in [0.1, 0.15) is 12.4 Å². The number of aldehydes is 1. The van der Waals surface area contributed by atoms with Crippen LogP contribution in [-0.4, -0.2) is 19.0 Å². The van der Waals surface area contributed by atoms with Crippen LogP contribution in [0.5, 0.6) is 0 Å². The fourth-order valence-electron chi connectivity index (χ4n) is 0.519. The third-order valence-electron chi connectivity index (χ3n) is 0.979. The van der Waals surface area contributed by atoms with Gasteiger partial charge in [-0.2, -0.15) is 0 Å². The highest BCUT2D eigenvalue weighted by atomic mass is 16.5. The molecule has 0 N–H and O–H groups in total. The van der Waals surface area contributed by atoms with E-state index in [4.69, 9.17) is 4.74 Å². The first-order valence-corrected chi connectivity index (χ1v) is 3.13. The molecule has 0 aliphatic heterocycles. The number of carbonyl (C=O) groups is 1. The molecule has 0 saturated carbocycles. The fraction of sp³-hybridized carbons (Fsp3) is 0.375. The van der Waals surface area contributed by atoms with Crippen molar-refractivity contribution < 1.29 is 9.53 Å². The smallest absolute Gasteiger partial charge is 0.149 e. The SMILES string of the molecule is C=CCO[C@@H](C=O)CC=C. The maximum absolute atomic E-state index is 10.2. The summed E-state index contributed by atoms with van der Waals surface area (Å²) >= 11 is 0. The highest BCUT2D eigenvalue weighted by Gasteiger charge is 2.01. The topological polar surface area (TPSA) is 26.3 Å². The molecule has 56 valence electrons. The van der Waals surface area contributed by atoms with Crippen LogP contribution in [0.2, 0.25) is 0 Å². The Morgan fingerprint density at radius 1 is 1.40 bits per heavy atom. The number of hydrogen-bond donors (Lipinski definition) is 0. The van der Waals surface area contributed by atoms with Crippen LogP contribution in [0.3, 0.4) is 0 Å². The van der Waals surface area contributed by atoms with E-state index in [1.165, 1.54) is 0 Å². The van der Waals surface area contributed by atoms with Crippen LogP contribution in [0, 0.1) is 0 Å². The van der Waals surface area contributed by atoms with Crippen molar-refractivity contribution in [2.24, 2.45) is 0 Å². The Morgan fingerprint density at radius 2 is 2.10 bits per heavy atom. The van der Waals surface area contributed by atoms with Crippen molar-refractivity contribution >= 4 is 6.29 Å². The van der Waals surface area contributed by atoms with Crippen molar-refractivity contribution in [2.45, 2.75) is 12.5 Å². The number of carbonyl (C=O) groups excluding carboxylic acids is 1. The van der Waals surface area contributed by atoms with Crippen LogP contribution in [0.15, 0.2) is 25.3 Å². The molecule has 10 heavy (non-hydrogen) atoms. The lowest BCUT2D eigenvalue weighted by molar-refractivity contribution is -0.117. The van der Waals surface area contributed by atoms with Gasteiger partial charge in [-0.25, -0.2) is 0 Å². The second-order valence-electron chi connectivity index (χ2n) is 1.82. The predicted molar refractivity (Wildman–Crippen MR) is 40.8 cm³/mol. The number of ether oxygens (including phenoxy) is 1. The Morgan fingerprint density at radius 3 is 2.50 bits per heavy atom. The monoisotopic (exact) mass is 140 g/mol. The maximum Gasteiger partial charge on any atom is 0.149 e. The summed E-state index contributed by atoms with van der Waals surface area (Å²) in [5.41, 5.74) is 0. The van der Waals surface area contributed by atoms with E-state index in [-0.39, 0.29) is 6.10 Å². The lowest BCUT2D eigenvalue weighted by atomic mass is 10.3. The standard InChI is InChI=1S/C8H12O2/c1-3-5-8(7-9)10-6-4-2/h3-4,7-8H,1-2,5-6H2/t8-/m1/s1. The summed E-state index contributed by atoms with van der Waals surface area (Å²) in [7, 11) is 0. The molecule has 2 heteroatoms. The first-order valence-electron chi connectivity index (χ1n) is 3.13. The first-order chi connectivity index (χ1) is 4.85. The summed E-state index contributed by atoms with van der Waals surface area (Å²) in [6.45, 7) is 7.37. The van der Waals surface area contributed by atoms with E-state index in [2.05, 4.69) is 13.2 Å². The molecule has 0 aliphatic carbocycles. The van der Waals surface area contributed by atoms with E-state index in [1.54, 1.807) is 12.2 Å². The van der Waals surface area contributed by atoms with Crippen molar-refractivity contribution in [3.05, 3.63) is 25.3 Å². The Bertz CT molecular complexity index is 118. The summed E-state index contributed by atoms with van der Waals surface area (Å²) < 4.78 is 5.02. The summed E-state index contributed by atoms with van der Waals surface area (Å²) in [5.74, 6) is 0. The number of hydrogen-bond acceptors (Lipinski definition) is 2. The summed E-state index contributed by atoms with van der Waals surface area (Å²) in [4.78, 5) is 10.2. The predicted octanol–water partition coefficient (Wildman–Crippen LogP) is 1.33. The lowest BCUT2D eigenvalue weighted by Gasteiger charge is -2.05. The zero-order chi connectivity index (χ0) is 7.82. The minimum Gasteiger partial charge on any atom is -0.366 e. The average molecular weight is 140 g/mol. The molecule has 0 aromatic rings. The third-order valence-corrected chi connectivity index (χ3v) is 0.979. The fourth-order valence-corrected chi connectivity index (χ4v) is 0.519. The molecular formula is C8H12O2. The minimum atomic E-state index is -0.351. The van der Waals surface area contributed by atoms with E-state index in [1.807, 2.05) is 0 Å². The van der Waals surface area contributed by atoms with Gasteiger partial charge in [0.2, 0.25) is 0 Å². The van der Waals surface area contributed by atoms with Gasteiger partial charge in [-0.15, -0.1) is 13.2 Å². The van der Waals surface area contributed by atoms with Gasteiger partial charge in [0, 0.05) is 0 Å². The molecule has 0 bridgehead atoms. The molecule has 2 nitrogen and oxygen atoms in total. The van der Waals surface area contributed by atoms with Crippen molar-refractivity contribution in [3.8, 4) is 0 Å². The van der Waals surface area contributed by atoms with E-state index >= 15 is 0 Å². The molecule has 0 aromatic carbocycles. The van der Waals surface area contributed by atoms with Gasteiger partial charge >= 0.3 is 0 Å². The van der Waals surface area contributed by atoms with Gasteiger partial charge < -0.3 is 9.53 Å². The zero-order valence-electron chi connectivity index (χ0n) is 5.95. The Hall–Kier alpha value is -0.890. The number of rotatable bonds is 6. The van der Waals surface area contributed by atoms with Crippen molar-refractivity contribution in [1.29, 1.82) is 0 Å². The molecule has 0 aliphatic rings. The molecule has 0 radical (unpaired) electrons. The van der Waals surface area contributed by atoms with E-state index in [9.17, 15) is 4.79 Å². The highest BCUT2D eigenvalue weighted by Crippen LogP contribution is 1.94. The quantitative estimate of drug-likeness (QED) is 0.411. The Labute approximate surface area is 61.2 Å². The normalized spacial score (nSPS) is 12.0. The van der Waals surface area contributed by atoms with Gasteiger partial charge in [-0.3, -0.25) is 0 Å². The van der Waals surface area contributed by atoms with E-state index in [0.717, 1.165) is 6.29 Å². The molecule has 0 saturated heterocycles. The van der Waals surface area contributed by atoms with Crippen molar-refractivity contribution in [1.82, 2.24) is 0 Å². The molecule has 0 unspecified atom stereocenters. The summed E-state index contributed by atoms with van der Waals surface area (Å²) in [5, 5.41) is 0. The molecule has 0 heterocycles. The van der Waals surface area contributed by atoms with Crippen molar-refractivity contribution in [2.75, 3.05) is 6.61 Å². The zero-order valence-corrected chi connectivity index (χ0v) is 5.95. The maximum atomic E-state index is 10.2.